The molecule has 2 aromatic rings. The molecule has 2 aromatic heterocycles. The molecule has 0 amide bonds. The van der Waals surface area contributed by atoms with E-state index in [0.717, 1.165) is 16.9 Å². The number of aldehydes is 1. The molecule has 1 saturated carbocycles. The van der Waals surface area contributed by atoms with Gasteiger partial charge in [0.25, 0.3) is 0 Å². The Labute approximate surface area is 168 Å². The Kier molecular flexibility index (Phi) is 5.83. The van der Waals surface area contributed by atoms with Crippen molar-refractivity contribution in [3.8, 4) is 5.88 Å². The van der Waals surface area contributed by atoms with E-state index in [1.54, 1.807) is 0 Å². The average molecular weight is 435 g/mol. The Morgan fingerprint density at radius 1 is 1.13 bits per heavy atom. The van der Waals surface area contributed by atoms with Crippen molar-refractivity contribution in [3.63, 3.8) is 0 Å². The second-order valence-corrected chi connectivity index (χ2v) is 7.42. The Morgan fingerprint density at radius 2 is 1.83 bits per heavy atom. The highest BCUT2D eigenvalue weighted by atomic mass is 19.4. The van der Waals surface area contributed by atoms with E-state index >= 15 is 0 Å². The molecule has 11 heteroatoms. The van der Waals surface area contributed by atoms with Crippen LogP contribution >= 0.6 is 0 Å². The average Bonchev–Trinajstić information content (AvgIpc) is 2.98. The van der Waals surface area contributed by atoms with E-state index in [0.29, 0.717) is 25.0 Å². The molecule has 0 aromatic carbocycles. The Bertz CT molecular complexity index is 905. The summed E-state index contributed by atoms with van der Waals surface area (Å²) in [5.74, 6) is -0.471. The number of ether oxygens (including phenoxy) is 1. The first-order valence-electron chi connectivity index (χ1n) is 9.21. The normalized spacial score (nSPS) is 22.7. The first-order chi connectivity index (χ1) is 13.9. The molecule has 164 valence electrons. The first-order valence-corrected chi connectivity index (χ1v) is 9.21. The van der Waals surface area contributed by atoms with Crippen molar-refractivity contribution in [2.75, 3.05) is 0 Å². The van der Waals surface area contributed by atoms with Gasteiger partial charge in [-0.15, -0.1) is 0 Å². The molecule has 1 unspecified atom stereocenters. The quantitative estimate of drug-likeness (QED) is 0.500. The highest BCUT2D eigenvalue weighted by molar-refractivity contribution is 5.80. The number of carbonyl (C=O) groups is 1. The maximum atomic E-state index is 13.1. The van der Waals surface area contributed by atoms with E-state index in [1.165, 1.54) is 13.1 Å². The van der Waals surface area contributed by atoms with Gasteiger partial charge in [-0.2, -0.15) is 31.4 Å². The van der Waals surface area contributed by atoms with Crippen LogP contribution in [0.3, 0.4) is 0 Å². The zero-order valence-electron chi connectivity index (χ0n) is 16.1. The number of hydrogen-bond donors (Lipinski definition) is 0. The van der Waals surface area contributed by atoms with Crippen LogP contribution in [0.25, 0.3) is 0 Å². The van der Waals surface area contributed by atoms with Crippen LogP contribution < -0.4 is 4.74 Å². The Hall–Kier alpha value is -2.59. The third kappa shape index (κ3) is 4.44. The van der Waals surface area contributed by atoms with E-state index in [-0.39, 0.29) is 24.0 Å². The molecule has 0 radical (unpaired) electrons. The summed E-state index contributed by atoms with van der Waals surface area (Å²) in [6.45, 7) is 1.84. The fraction of sp³-hybridized carbons (Fsp3) is 0.526. The van der Waals surface area contributed by atoms with E-state index in [4.69, 9.17) is 4.74 Å². The number of aromatic nitrogens is 3. The number of pyridine rings is 1. The molecular weight excluding hydrogens is 416 g/mol. The van der Waals surface area contributed by atoms with Crippen LogP contribution in [0.1, 0.15) is 59.4 Å². The van der Waals surface area contributed by atoms with Crippen molar-refractivity contribution in [3.05, 3.63) is 40.8 Å². The van der Waals surface area contributed by atoms with Crippen LogP contribution in [0.5, 0.6) is 5.88 Å². The number of alkyl halides is 6. The third-order valence-corrected chi connectivity index (χ3v) is 5.30. The standard InChI is InChI=1S/C19H19F6N3O2/c1-10-7-11(14-5-4-12(8-26-14)18(20,21)22)3-6-15(10)30-17-13(9-29)16(19(23,24)25)27-28(17)2/h4-5,8-11,15H,3,6-7H2,1-2H3/t10-,11?,15-/m0/s1. The summed E-state index contributed by atoms with van der Waals surface area (Å²) in [6, 6.07) is 2.34. The number of rotatable bonds is 4. The molecule has 0 spiro atoms. The van der Waals surface area contributed by atoms with Gasteiger partial charge in [0.2, 0.25) is 5.88 Å². The predicted octanol–water partition coefficient (Wildman–Crippen LogP) is 5.02. The van der Waals surface area contributed by atoms with Crippen molar-refractivity contribution in [1.82, 2.24) is 14.8 Å². The Balaban J connectivity index is 1.73. The summed E-state index contributed by atoms with van der Waals surface area (Å²) in [5.41, 5.74) is -2.25. The van der Waals surface area contributed by atoms with Gasteiger partial charge in [-0.25, -0.2) is 4.68 Å². The summed E-state index contributed by atoms with van der Waals surface area (Å²) < 4.78 is 83.9. The minimum absolute atomic E-state index is 0.0770. The summed E-state index contributed by atoms with van der Waals surface area (Å²) in [6.07, 6.45) is -7.32. The van der Waals surface area contributed by atoms with Gasteiger partial charge in [-0.05, 0) is 37.3 Å². The number of nitrogens with zero attached hydrogens (tertiary/aromatic N) is 3. The van der Waals surface area contributed by atoms with Crippen molar-refractivity contribution < 1.29 is 35.9 Å². The van der Waals surface area contributed by atoms with E-state index in [9.17, 15) is 31.1 Å². The zero-order valence-corrected chi connectivity index (χ0v) is 16.1. The Morgan fingerprint density at radius 3 is 2.33 bits per heavy atom. The molecule has 1 aliphatic carbocycles. The second-order valence-electron chi connectivity index (χ2n) is 7.42. The molecule has 5 nitrogen and oxygen atoms in total. The monoisotopic (exact) mass is 435 g/mol. The van der Waals surface area contributed by atoms with Gasteiger partial charge < -0.3 is 4.74 Å². The highest BCUT2D eigenvalue weighted by Gasteiger charge is 2.41. The summed E-state index contributed by atoms with van der Waals surface area (Å²) >= 11 is 0. The van der Waals surface area contributed by atoms with Crippen LogP contribution in [-0.2, 0) is 19.4 Å². The maximum Gasteiger partial charge on any atom is 0.436 e. The minimum atomic E-state index is -4.78. The SMILES string of the molecule is C[C@H]1CC(c2ccc(C(F)(F)F)cn2)CC[C@@H]1Oc1c(C=O)c(C(F)(F)F)nn1C. The van der Waals surface area contributed by atoms with Gasteiger partial charge in [-0.3, -0.25) is 9.78 Å². The number of halogens is 6. The van der Waals surface area contributed by atoms with Gasteiger partial charge in [0.05, 0.1) is 5.56 Å². The third-order valence-electron chi connectivity index (χ3n) is 5.30. The summed E-state index contributed by atoms with van der Waals surface area (Å²) in [5, 5.41) is 3.37. The van der Waals surface area contributed by atoms with E-state index < -0.39 is 35.3 Å². The first kappa shape index (κ1) is 22.1. The van der Waals surface area contributed by atoms with Crippen LogP contribution in [-0.4, -0.2) is 27.2 Å². The predicted molar refractivity (Wildman–Crippen MR) is 93.0 cm³/mol. The van der Waals surface area contributed by atoms with Gasteiger partial charge in [0, 0.05) is 24.9 Å². The number of aryl methyl sites for hydroxylation is 1. The number of carbonyl (C=O) groups excluding carboxylic acids is 1. The molecule has 30 heavy (non-hydrogen) atoms. The minimum Gasteiger partial charge on any atom is -0.474 e. The van der Waals surface area contributed by atoms with Gasteiger partial charge >= 0.3 is 12.4 Å². The largest absolute Gasteiger partial charge is 0.474 e. The topological polar surface area (TPSA) is 57.0 Å². The van der Waals surface area contributed by atoms with Crippen LogP contribution in [0.4, 0.5) is 26.3 Å². The lowest BCUT2D eigenvalue weighted by Gasteiger charge is -2.34. The lowest BCUT2D eigenvalue weighted by atomic mass is 9.78. The molecule has 3 rings (SSSR count). The molecule has 2 heterocycles. The van der Waals surface area contributed by atoms with Crippen molar-refractivity contribution >= 4 is 6.29 Å². The zero-order chi connectivity index (χ0) is 22.3. The smallest absolute Gasteiger partial charge is 0.436 e. The molecule has 1 aliphatic rings. The fourth-order valence-electron chi connectivity index (χ4n) is 3.75. The second kappa shape index (κ2) is 7.92. The van der Waals surface area contributed by atoms with Crippen molar-refractivity contribution in [2.24, 2.45) is 13.0 Å². The van der Waals surface area contributed by atoms with E-state index in [2.05, 4.69) is 10.1 Å². The van der Waals surface area contributed by atoms with Gasteiger partial charge in [-0.1, -0.05) is 6.92 Å². The molecule has 0 saturated heterocycles. The van der Waals surface area contributed by atoms with Crippen molar-refractivity contribution in [2.45, 2.75) is 50.6 Å². The maximum absolute atomic E-state index is 13.1. The van der Waals surface area contributed by atoms with Crippen LogP contribution in [0.2, 0.25) is 0 Å². The lowest BCUT2D eigenvalue weighted by Crippen LogP contribution is -2.32. The van der Waals surface area contributed by atoms with Crippen molar-refractivity contribution in [1.29, 1.82) is 0 Å². The van der Waals surface area contributed by atoms with Gasteiger partial charge in [0.15, 0.2) is 12.0 Å². The van der Waals surface area contributed by atoms with E-state index in [1.807, 2.05) is 6.92 Å². The molecule has 0 aliphatic heterocycles. The number of hydrogen-bond acceptors (Lipinski definition) is 4. The van der Waals surface area contributed by atoms with Crippen LogP contribution in [0.15, 0.2) is 18.3 Å². The molecule has 0 N–H and O–H groups in total. The molecule has 0 bridgehead atoms. The summed E-state index contributed by atoms with van der Waals surface area (Å²) in [4.78, 5) is 15.2. The lowest BCUT2D eigenvalue weighted by molar-refractivity contribution is -0.141. The molecule has 1 fully saturated rings. The summed E-state index contributed by atoms with van der Waals surface area (Å²) in [7, 11) is 1.26. The highest BCUT2D eigenvalue weighted by Crippen LogP contribution is 2.40. The molecular formula is C19H19F6N3O2. The van der Waals surface area contributed by atoms with Gasteiger partial charge in [0.1, 0.15) is 11.7 Å². The fourth-order valence-corrected chi connectivity index (χ4v) is 3.75. The molecule has 3 atom stereocenters. The van der Waals surface area contributed by atoms with Crippen LogP contribution in [0, 0.1) is 5.92 Å².